The van der Waals surface area contributed by atoms with Gasteiger partial charge < -0.3 is 10.6 Å². The van der Waals surface area contributed by atoms with E-state index in [1.54, 1.807) is 11.4 Å². The van der Waals surface area contributed by atoms with E-state index in [1.807, 2.05) is 0 Å². The summed E-state index contributed by atoms with van der Waals surface area (Å²) >= 11 is 1.25. The molecule has 1 aromatic heterocycles. The number of hydrogen-bond donors (Lipinski definition) is 2. The number of nitrogens with zero attached hydrogens (tertiary/aromatic N) is 1. The fourth-order valence-electron chi connectivity index (χ4n) is 1.53. The minimum Gasteiger partial charge on any atom is -0.326 e. The summed E-state index contributed by atoms with van der Waals surface area (Å²) in [5.41, 5.74) is 0.944. The summed E-state index contributed by atoms with van der Waals surface area (Å²) in [7, 11) is 0. The van der Waals surface area contributed by atoms with Gasteiger partial charge in [-0.15, -0.1) is 11.3 Å². The molecular weight excluding hydrogens is 281 g/mol. The second kappa shape index (κ2) is 6.25. The molecule has 2 amide bonds. The summed E-state index contributed by atoms with van der Waals surface area (Å²) in [5, 5.41) is 7.26. The predicted octanol–water partition coefficient (Wildman–Crippen LogP) is 2.42. The molecule has 2 N–H and O–H groups in total. The number of carbonyl (C=O) groups is 2. The highest BCUT2D eigenvalue weighted by atomic mass is 32.1. The third kappa shape index (κ3) is 4.13. The van der Waals surface area contributed by atoms with E-state index in [0.717, 1.165) is 0 Å². The van der Waals surface area contributed by atoms with Gasteiger partial charge in [-0.2, -0.15) is 0 Å². The average Bonchev–Trinajstić information content (AvgIpc) is 2.75. The number of amides is 2. The summed E-state index contributed by atoms with van der Waals surface area (Å²) in [5.74, 6) is -0.921. The number of carbonyl (C=O) groups excluding carboxylic acids is 2. The monoisotopic (exact) mass is 293 g/mol. The van der Waals surface area contributed by atoms with Crippen LogP contribution in [0.25, 0.3) is 0 Å². The van der Waals surface area contributed by atoms with Crippen LogP contribution in [-0.4, -0.2) is 16.8 Å². The van der Waals surface area contributed by atoms with Gasteiger partial charge in [-0.25, -0.2) is 9.37 Å². The molecule has 0 bridgehead atoms. The maximum absolute atomic E-state index is 13.0. The molecule has 0 saturated carbocycles. The molecule has 0 radical (unpaired) electrons. The fourth-order valence-corrected chi connectivity index (χ4v) is 2.29. The van der Waals surface area contributed by atoms with Gasteiger partial charge in [0.1, 0.15) is 5.82 Å². The lowest BCUT2D eigenvalue weighted by Gasteiger charge is -2.03. The maximum atomic E-state index is 13.0. The van der Waals surface area contributed by atoms with Crippen LogP contribution in [0.4, 0.5) is 15.2 Å². The molecule has 0 saturated heterocycles. The molecular formula is C13H12FN3O2S. The normalized spacial score (nSPS) is 10.1. The molecule has 5 nitrogen and oxygen atoms in total. The van der Waals surface area contributed by atoms with E-state index in [9.17, 15) is 14.0 Å². The van der Waals surface area contributed by atoms with Crippen molar-refractivity contribution in [3.63, 3.8) is 0 Å². The summed E-state index contributed by atoms with van der Waals surface area (Å²) < 4.78 is 13.0. The SMILES string of the molecule is CC(=O)Nc1nc(CC(=O)Nc2cccc(F)c2)cs1. The van der Waals surface area contributed by atoms with Crippen molar-refractivity contribution in [2.75, 3.05) is 10.6 Å². The number of hydrogen-bond acceptors (Lipinski definition) is 4. The molecule has 2 aromatic rings. The lowest BCUT2D eigenvalue weighted by molar-refractivity contribution is -0.116. The van der Waals surface area contributed by atoms with Gasteiger partial charge in [0.25, 0.3) is 0 Å². The van der Waals surface area contributed by atoms with Crippen molar-refractivity contribution in [2.45, 2.75) is 13.3 Å². The predicted molar refractivity (Wildman–Crippen MR) is 75.2 cm³/mol. The van der Waals surface area contributed by atoms with E-state index in [1.165, 1.54) is 36.5 Å². The zero-order valence-electron chi connectivity index (χ0n) is 10.6. The first-order valence-electron chi connectivity index (χ1n) is 5.80. The molecule has 0 aliphatic rings. The van der Waals surface area contributed by atoms with Crippen LogP contribution < -0.4 is 10.6 Å². The summed E-state index contributed by atoms with van der Waals surface area (Å²) in [6.45, 7) is 1.39. The van der Waals surface area contributed by atoms with E-state index in [-0.39, 0.29) is 18.2 Å². The van der Waals surface area contributed by atoms with Crippen LogP contribution in [0.1, 0.15) is 12.6 Å². The van der Waals surface area contributed by atoms with Gasteiger partial charge in [-0.3, -0.25) is 9.59 Å². The van der Waals surface area contributed by atoms with Crippen molar-refractivity contribution in [2.24, 2.45) is 0 Å². The van der Waals surface area contributed by atoms with E-state index in [4.69, 9.17) is 0 Å². The van der Waals surface area contributed by atoms with E-state index in [0.29, 0.717) is 16.5 Å². The van der Waals surface area contributed by atoms with Crippen LogP contribution >= 0.6 is 11.3 Å². The number of nitrogens with one attached hydrogen (secondary N) is 2. The van der Waals surface area contributed by atoms with Crippen molar-refractivity contribution in [3.8, 4) is 0 Å². The van der Waals surface area contributed by atoms with Crippen molar-refractivity contribution < 1.29 is 14.0 Å². The van der Waals surface area contributed by atoms with Gasteiger partial charge in [0.05, 0.1) is 12.1 Å². The summed E-state index contributed by atoms with van der Waals surface area (Å²) in [6.07, 6.45) is 0.0621. The van der Waals surface area contributed by atoms with Crippen LogP contribution in [0.5, 0.6) is 0 Å². The van der Waals surface area contributed by atoms with Crippen molar-refractivity contribution in [3.05, 3.63) is 41.2 Å². The van der Waals surface area contributed by atoms with Gasteiger partial charge in [0.15, 0.2) is 5.13 Å². The number of thiazole rings is 1. The zero-order valence-corrected chi connectivity index (χ0v) is 11.5. The first kappa shape index (κ1) is 14.1. The molecule has 1 aromatic carbocycles. The van der Waals surface area contributed by atoms with Gasteiger partial charge >= 0.3 is 0 Å². The maximum Gasteiger partial charge on any atom is 0.230 e. The highest BCUT2D eigenvalue weighted by Crippen LogP contribution is 2.16. The molecule has 2 rings (SSSR count). The fraction of sp³-hybridized carbons (Fsp3) is 0.154. The number of aromatic nitrogens is 1. The standard InChI is InChI=1S/C13H12FN3O2S/c1-8(18)15-13-17-11(7-20-13)6-12(19)16-10-4-2-3-9(14)5-10/h2-5,7H,6H2,1H3,(H,16,19)(H,15,17,18). The largest absolute Gasteiger partial charge is 0.326 e. The Morgan fingerprint density at radius 3 is 2.85 bits per heavy atom. The molecule has 7 heteroatoms. The highest BCUT2D eigenvalue weighted by Gasteiger charge is 2.09. The van der Waals surface area contributed by atoms with Crippen molar-refractivity contribution in [1.82, 2.24) is 4.98 Å². The molecule has 0 aliphatic carbocycles. The summed E-state index contributed by atoms with van der Waals surface area (Å²) in [6, 6.07) is 5.66. The highest BCUT2D eigenvalue weighted by molar-refractivity contribution is 7.13. The van der Waals surface area contributed by atoms with Crippen LogP contribution in [-0.2, 0) is 16.0 Å². The number of benzene rings is 1. The third-order valence-corrected chi connectivity index (χ3v) is 3.09. The van der Waals surface area contributed by atoms with Crippen molar-refractivity contribution in [1.29, 1.82) is 0 Å². The zero-order chi connectivity index (χ0) is 14.5. The molecule has 1 heterocycles. The number of rotatable bonds is 4. The molecule has 104 valence electrons. The Kier molecular flexibility index (Phi) is 4.41. The first-order chi connectivity index (χ1) is 9.52. The Bertz CT molecular complexity index is 642. The minimum absolute atomic E-state index is 0.0621. The lowest BCUT2D eigenvalue weighted by atomic mass is 10.3. The molecule has 0 aliphatic heterocycles. The lowest BCUT2D eigenvalue weighted by Crippen LogP contribution is -2.14. The second-order valence-corrected chi connectivity index (χ2v) is 4.92. The first-order valence-corrected chi connectivity index (χ1v) is 6.68. The van der Waals surface area contributed by atoms with Gasteiger partial charge in [0, 0.05) is 18.0 Å². The van der Waals surface area contributed by atoms with E-state index in [2.05, 4.69) is 15.6 Å². The molecule has 0 fully saturated rings. The topological polar surface area (TPSA) is 71.1 Å². The van der Waals surface area contributed by atoms with Gasteiger partial charge in [0.2, 0.25) is 11.8 Å². The van der Waals surface area contributed by atoms with Gasteiger partial charge in [-0.1, -0.05) is 6.07 Å². The Labute approximate surface area is 118 Å². The van der Waals surface area contributed by atoms with Crippen LogP contribution in [0.15, 0.2) is 29.6 Å². The summed E-state index contributed by atoms with van der Waals surface area (Å²) in [4.78, 5) is 26.7. The van der Waals surface area contributed by atoms with Crippen LogP contribution in [0, 0.1) is 5.82 Å². The van der Waals surface area contributed by atoms with Crippen LogP contribution in [0.2, 0.25) is 0 Å². The molecule has 0 unspecified atom stereocenters. The molecule has 0 atom stereocenters. The number of anilines is 2. The smallest absolute Gasteiger partial charge is 0.230 e. The Balaban J connectivity index is 1.94. The number of halogens is 1. The van der Waals surface area contributed by atoms with E-state index >= 15 is 0 Å². The quantitative estimate of drug-likeness (QED) is 0.909. The average molecular weight is 293 g/mol. The molecule has 0 spiro atoms. The Morgan fingerprint density at radius 1 is 1.35 bits per heavy atom. The van der Waals surface area contributed by atoms with Crippen molar-refractivity contribution >= 4 is 34.0 Å². The third-order valence-electron chi connectivity index (χ3n) is 2.28. The second-order valence-electron chi connectivity index (χ2n) is 4.06. The van der Waals surface area contributed by atoms with E-state index < -0.39 is 5.82 Å². The Hall–Kier alpha value is -2.28. The van der Waals surface area contributed by atoms with Gasteiger partial charge in [-0.05, 0) is 18.2 Å². The van der Waals surface area contributed by atoms with Crippen LogP contribution in [0.3, 0.4) is 0 Å². The molecule has 20 heavy (non-hydrogen) atoms. The minimum atomic E-state index is -0.413. The Morgan fingerprint density at radius 2 is 2.15 bits per heavy atom.